The number of rotatable bonds is 3. The fourth-order valence-electron chi connectivity index (χ4n) is 1.34. The Morgan fingerprint density at radius 2 is 2.50 bits per heavy atom. The molecule has 1 saturated carbocycles. The predicted octanol–water partition coefficient (Wildman–Crippen LogP) is 2.34. The maximum atomic E-state index is 4.47. The van der Waals surface area contributed by atoms with Crippen LogP contribution in [0.3, 0.4) is 0 Å². The molecule has 0 aliphatic heterocycles. The molecule has 0 atom stereocenters. The van der Waals surface area contributed by atoms with Gasteiger partial charge in [-0.2, -0.15) is 5.10 Å². The van der Waals surface area contributed by atoms with E-state index in [2.05, 4.69) is 17.7 Å². The van der Waals surface area contributed by atoms with Crippen molar-refractivity contribution in [3.05, 3.63) is 30.1 Å². The highest BCUT2D eigenvalue weighted by Crippen LogP contribution is 2.38. The summed E-state index contributed by atoms with van der Waals surface area (Å²) in [6.45, 7) is 6.74. The number of aromatic nitrogens is 2. The van der Waals surface area contributed by atoms with E-state index in [0.717, 1.165) is 18.0 Å². The molecule has 1 aromatic rings. The van der Waals surface area contributed by atoms with Crippen LogP contribution in [0.4, 0.5) is 0 Å². The summed E-state index contributed by atoms with van der Waals surface area (Å²) in [5, 5.41) is 4.47. The Morgan fingerprint density at radius 3 is 3.08 bits per heavy atom. The largest absolute Gasteiger partial charge is 0.268 e. The molecule has 1 aliphatic carbocycles. The van der Waals surface area contributed by atoms with E-state index in [1.807, 2.05) is 17.8 Å². The average molecular weight is 162 g/mol. The van der Waals surface area contributed by atoms with Crippen LogP contribution in [0.5, 0.6) is 0 Å². The second-order valence-electron chi connectivity index (χ2n) is 3.67. The van der Waals surface area contributed by atoms with E-state index in [1.54, 1.807) is 0 Å². The third kappa shape index (κ3) is 1.58. The van der Waals surface area contributed by atoms with Gasteiger partial charge in [-0.05, 0) is 25.8 Å². The van der Waals surface area contributed by atoms with E-state index in [9.17, 15) is 0 Å². The Morgan fingerprint density at radius 1 is 1.75 bits per heavy atom. The minimum Gasteiger partial charge on any atom is -0.268 e. The second kappa shape index (κ2) is 2.77. The van der Waals surface area contributed by atoms with Gasteiger partial charge in [-0.1, -0.05) is 12.2 Å². The van der Waals surface area contributed by atoms with Gasteiger partial charge in [0, 0.05) is 12.1 Å². The predicted molar refractivity (Wildman–Crippen MR) is 49.0 cm³/mol. The van der Waals surface area contributed by atoms with Gasteiger partial charge in [0.1, 0.15) is 0 Å². The average Bonchev–Trinajstić information content (AvgIpc) is 2.73. The summed E-state index contributed by atoms with van der Waals surface area (Å²) in [4.78, 5) is 0. The summed E-state index contributed by atoms with van der Waals surface area (Å²) in [5.74, 6) is 0.761. The van der Waals surface area contributed by atoms with Crippen molar-refractivity contribution in [1.82, 2.24) is 9.78 Å². The smallest absolute Gasteiger partial charge is 0.0655 e. The molecular weight excluding hydrogens is 148 g/mol. The molecule has 12 heavy (non-hydrogen) atoms. The lowest BCUT2D eigenvalue weighted by Gasteiger charge is -1.98. The zero-order valence-corrected chi connectivity index (χ0v) is 7.45. The molecule has 1 fully saturated rings. The lowest BCUT2D eigenvalue weighted by atomic mass is 10.3. The summed E-state index contributed by atoms with van der Waals surface area (Å²) in [7, 11) is 0. The quantitative estimate of drug-likeness (QED) is 0.624. The van der Waals surface area contributed by atoms with Crippen molar-refractivity contribution in [3.8, 4) is 0 Å². The summed E-state index contributed by atoms with van der Waals surface area (Å²) in [6.07, 6.45) is 4.69. The molecular formula is C10H14N2. The van der Waals surface area contributed by atoms with E-state index in [4.69, 9.17) is 0 Å². The number of hydrogen-bond acceptors (Lipinski definition) is 1. The van der Waals surface area contributed by atoms with Crippen LogP contribution in [0.25, 0.3) is 0 Å². The van der Waals surface area contributed by atoms with Crippen molar-refractivity contribution in [2.45, 2.75) is 32.2 Å². The zero-order valence-electron chi connectivity index (χ0n) is 7.45. The first kappa shape index (κ1) is 7.59. The molecule has 64 valence electrons. The van der Waals surface area contributed by atoms with Gasteiger partial charge in [-0.25, -0.2) is 0 Å². The van der Waals surface area contributed by atoms with Crippen LogP contribution in [-0.2, 0) is 6.54 Å². The molecule has 0 amide bonds. The first-order chi connectivity index (χ1) is 5.75. The van der Waals surface area contributed by atoms with E-state index < -0.39 is 0 Å². The SMILES string of the molecule is C=C(C)Cn1ccc(C2CC2)n1. The Bertz CT molecular complexity index is 295. The molecule has 1 aromatic heterocycles. The lowest BCUT2D eigenvalue weighted by molar-refractivity contribution is 0.665. The van der Waals surface area contributed by atoms with E-state index >= 15 is 0 Å². The summed E-state index contributed by atoms with van der Waals surface area (Å²) >= 11 is 0. The molecule has 0 saturated heterocycles. The van der Waals surface area contributed by atoms with Crippen LogP contribution in [0.2, 0.25) is 0 Å². The molecule has 0 spiro atoms. The van der Waals surface area contributed by atoms with Crippen LogP contribution >= 0.6 is 0 Å². The fraction of sp³-hybridized carbons (Fsp3) is 0.500. The van der Waals surface area contributed by atoms with Crippen LogP contribution in [0.1, 0.15) is 31.4 Å². The van der Waals surface area contributed by atoms with Gasteiger partial charge < -0.3 is 0 Å². The number of hydrogen-bond donors (Lipinski definition) is 0. The third-order valence-corrected chi connectivity index (χ3v) is 2.09. The maximum absolute atomic E-state index is 4.47. The molecule has 1 aliphatic rings. The Hall–Kier alpha value is -1.05. The van der Waals surface area contributed by atoms with Gasteiger partial charge in [0.25, 0.3) is 0 Å². The van der Waals surface area contributed by atoms with E-state index in [1.165, 1.54) is 18.5 Å². The van der Waals surface area contributed by atoms with Crippen LogP contribution in [0, 0.1) is 0 Å². The molecule has 0 aromatic carbocycles. The monoisotopic (exact) mass is 162 g/mol. The highest BCUT2D eigenvalue weighted by molar-refractivity contribution is 5.12. The van der Waals surface area contributed by atoms with Crippen molar-refractivity contribution in [2.24, 2.45) is 0 Å². The third-order valence-electron chi connectivity index (χ3n) is 2.09. The highest BCUT2D eigenvalue weighted by atomic mass is 15.3. The van der Waals surface area contributed by atoms with Gasteiger partial charge in [0.2, 0.25) is 0 Å². The van der Waals surface area contributed by atoms with Crippen molar-refractivity contribution >= 4 is 0 Å². The van der Waals surface area contributed by atoms with Crippen molar-refractivity contribution in [3.63, 3.8) is 0 Å². The highest BCUT2D eigenvalue weighted by Gasteiger charge is 2.25. The number of allylic oxidation sites excluding steroid dienone is 1. The molecule has 2 nitrogen and oxygen atoms in total. The fourth-order valence-corrected chi connectivity index (χ4v) is 1.34. The summed E-state index contributed by atoms with van der Waals surface area (Å²) in [6, 6.07) is 2.13. The molecule has 0 N–H and O–H groups in total. The molecule has 0 unspecified atom stereocenters. The van der Waals surface area contributed by atoms with Gasteiger partial charge in [0.05, 0.1) is 12.2 Å². The Balaban J connectivity index is 2.07. The van der Waals surface area contributed by atoms with Crippen molar-refractivity contribution < 1.29 is 0 Å². The Labute approximate surface area is 72.9 Å². The minimum atomic E-state index is 0.761. The molecule has 2 heteroatoms. The Kier molecular flexibility index (Phi) is 1.75. The van der Waals surface area contributed by atoms with Gasteiger partial charge >= 0.3 is 0 Å². The van der Waals surface area contributed by atoms with Crippen molar-refractivity contribution in [2.75, 3.05) is 0 Å². The lowest BCUT2D eigenvalue weighted by Crippen LogP contribution is -1.99. The minimum absolute atomic E-state index is 0.761. The summed E-state index contributed by atoms with van der Waals surface area (Å²) in [5.41, 5.74) is 2.41. The molecule has 2 rings (SSSR count). The van der Waals surface area contributed by atoms with Crippen molar-refractivity contribution in [1.29, 1.82) is 0 Å². The normalized spacial score (nSPS) is 16.4. The summed E-state index contributed by atoms with van der Waals surface area (Å²) < 4.78 is 1.97. The maximum Gasteiger partial charge on any atom is 0.0655 e. The van der Waals surface area contributed by atoms with Gasteiger partial charge in [0.15, 0.2) is 0 Å². The second-order valence-corrected chi connectivity index (χ2v) is 3.67. The first-order valence-electron chi connectivity index (χ1n) is 4.43. The first-order valence-corrected chi connectivity index (χ1v) is 4.43. The van der Waals surface area contributed by atoms with E-state index in [-0.39, 0.29) is 0 Å². The zero-order chi connectivity index (χ0) is 8.55. The van der Waals surface area contributed by atoms with Crippen LogP contribution in [0.15, 0.2) is 24.4 Å². The standard InChI is InChI=1S/C10H14N2/c1-8(2)7-12-6-5-10(11-12)9-3-4-9/h5-6,9H,1,3-4,7H2,2H3. The van der Waals surface area contributed by atoms with Crippen LogP contribution in [-0.4, -0.2) is 9.78 Å². The van der Waals surface area contributed by atoms with Crippen LogP contribution < -0.4 is 0 Å². The number of nitrogens with zero attached hydrogens (tertiary/aromatic N) is 2. The topological polar surface area (TPSA) is 17.8 Å². The van der Waals surface area contributed by atoms with E-state index in [0.29, 0.717) is 0 Å². The molecule has 0 radical (unpaired) electrons. The molecule has 0 bridgehead atoms. The van der Waals surface area contributed by atoms with Gasteiger partial charge in [-0.3, -0.25) is 4.68 Å². The molecule has 1 heterocycles. The van der Waals surface area contributed by atoms with Gasteiger partial charge in [-0.15, -0.1) is 0 Å².